The van der Waals surface area contributed by atoms with Gasteiger partial charge in [-0.3, -0.25) is 4.79 Å². The number of benzene rings is 1. The van der Waals surface area contributed by atoms with Crippen LogP contribution in [0.5, 0.6) is 0 Å². The van der Waals surface area contributed by atoms with Crippen LogP contribution in [0.25, 0.3) is 0 Å². The summed E-state index contributed by atoms with van der Waals surface area (Å²) in [6.45, 7) is 1.89. The summed E-state index contributed by atoms with van der Waals surface area (Å²) in [7, 11) is 1.92. The van der Waals surface area contributed by atoms with Crippen LogP contribution in [-0.2, 0) is 5.75 Å². The third-order valence-corrected chi connectivity index (χ3v) is 6.15. The summed E-state index contributed by atoms with van der Waals surface area (Å²) in [6, 6.07) is 12.5. The highest BCUT2D eigenvalue weighted by atomic mass is 35.5. The molecule has 0 spiro atoms. The van der Waals surface area contributed by atoms with Crippen molar-refractivity contribution in [3.05, 3.63) is 52.2 Å². The molecule has 0 aliphatic carbocycles. The smallest absolute Gasteiger partial charge is 0.255 e. The largest absolute Gasteiger partial charge is 0.337 e. The predicted octanol–water partition coefficient (Wildman–Crippen LogP) is 3.90. The fraction of sp³-hybridized carbons (Fsp3) is 0.353. The van der Waals surface area contributed by atoms with Crippen LogP contribution in [0.2, 0.25) is 0 Å². The van der Waals surface area contributed by atoms with Crippen molar-refractivity contribution in [3.8, 4) is 0 Å². The summed E-state index contributed by atoms with van der Waals surface area (Å²) in [4.78, 5) is 17.1. The van der Waals surface area contributed by atoms with Crippen molar-refractivity contribution in [2.45, 2.75) is 23.1 Å². The van der Waals surface area contributed by atoms with Gasteiger partial charge in [-0.2, -0.15) is 0 Å². The molecule has 1 aliphatic rings. The SMILES string of the molecule is CN(C(=O)c1ccccc1SCc1cccs1)C1CCNC1.Cl. The van der Waals surface area contributed by atoms with Crippen molar-refractivity contribution < 1.29 is 4.79 Å². The third kappa shape index (κ3) is 4.51. The minimum absolute atomic E-state index is 0. The number of amides is 1. The number of likely N-dealkylation sites (N-methyl/N-ethyl adjacent to an activating group) is 1. The quantitative estimate of drug-likeness (QED) is 0.812. The predicted molar refractivity (Wildman–Crippen MR) is 101 cm³/mol. The Morgan fingerprint density at radius 3 is 2.87 bits per heavy atom. The van der Waals surface area contributed by atoms with E-state index in [4.69, 9.17) is 0 Å². The number of nitrogens with zero attached hydrogens (tertiary/aromatic N) is 1. The van der Waals surface area contributed by atoms with Crippen LogP contribution in [-0.4, -0.2) is 37.0 Å². The van der Waals surface area contributed by atoms with E-state index in [0.717, 1.165) is 35.7 Å². The molecule has 1 unspecified atom stereocenters. The first-order chi connectivity index (χ1) is 10.8. The number of thiophene rings is 1. The lowest BCUT2D eigenvalue weighted by Crippen LogP contribution is -2.38. The maximum Gasteiger partial charge on any atom is 0.255 e. The molecule has 0 saturated carbocycles. The van der Waals surface area contributed by atoms with Crippen molar-refractivity contribution in [3.63, 3.8) is 0 Å². The van der Waals surface area contributed by atoms with Crippen LogP contribution >= 0.6 is 35.5 Å². The standard InChI is InChI=1S/C17H20N2OS2.ClH/c1-19(13-8-9-18-11-13)17(20)15-6-2-3-7-16(15)22-12-14-5-4-10-21-14;/h2-7,10,13,18H,8-9,11-12H2,1H3;1H. The fourth-order valence-electron chi connectivity index (χ4n) is 2.64. The van der Waals surface area contributed by atoms with E-state index in [1.54, 1.807) is 23.1 Å². The van der Waals surface area contributed by atoms with Gasteiger partial charge in [0.25, 0.3) is 5.91 Å². The van der Waals surface area contributed by atoms with Gasteiger partial charge >= 0.3 is 0 Å². The van der Waals surface area contributed by atoms with Crippen molar-refractivity contribution in [1.82, 2.24) is 10.2 Å². The summed E-state index contributed by atoms with van der Waals surface area (Å²) < 4.78 is 0. The van der Waals surface area contributed by atoms with Crippen molar-refractivity contribution in [2.24, 2.45) is 0 Å². The molecule has 1 N–H and O–H groups in total. The number of hydrogen-bond donors (Lipinski definition) is 1. The highest BCUT2D eigenvalue weighted by Gasteiger charge is 2.25. The average Bonchev–Trinajstić information content (AvgIpc) is 3.25. The Labute approximate surface area is 151 Å². The molecular formula is C17H21ClN2OS2. The molecule has 1 aliphatic heterocycles. The molecule has 1 amide bonds. The van der Waals surface area contributed by atoms with E-state index in [9.17, 15) is 4.79 Å². The van der Waals surface area contributed by atoms with Crippen LogP contribution in [0.3, 0.4) is 0 Å². The average molecular weight is 369 g/mol. The van der Waals surface area contributed by atoms with Crippen LogP contribution in [0.15, 0.2) is 46.7 Å². The van der Waals surface area contributed by atoms with Gasteiger partial charge in [-0.1, -0.05) is 18.2 Å². The first-order valence-electron chi connectivity index (χ1n) is 7.48. The third-order valence-electron chi connectivity index (χ3n) is 3.97. The van der Waals surface area contributed by atoms with Gasteiger partial charge in [-0.15, -0.1) is 35.5 Å². The minimum atomic E-state index is 0. The maximum absolute atomic E-state index is 12.8. The Balaban J connectivity index is 0.00000192. The topological polar surface area (TPSA) is 32.3 Å². The van der Waals surface area contributed by atoms with E-state index in [1.165, 1.54) is 4.88 Å². The molecular weight excluding hydrogens is 348 g/mol. The molecule has 6 heteroatoms. The molecule has 0 bridgehead atoms. The van der Waals surface area contributed by atoms with Crippen LogP contribution < -0.4 is 5.32 Å². The second kappa shape index (κ2) is 8.73. The number of hydrogen-bond acceptors (Lipinski definition) is 4. The van der Waals surface area contributed by atoms with E-state index in [0.29, 0.717) is 6.04 Å². The highest BCUT2D eigenvalue weighted by molar-refractivity contribution is 7.98. The summed E-state index contributed by atoms with van der Waals surface area (Å²) in [6.07, 6.45) is 1.03. The van der Waals surface area contributed by atoms with Crippen LogP contribution in [0.1, 0.15) is 21.7 Å². The zero-order chi connectivity index (χ0) is 15.4. The Hall–Kier alpha value is -1.01. The molecule has 1 aromatic carbocycles. The molecule has 1 aromatic heterocycles. The first-order valence-corrected chi connectivity index (χ1v) is 9.34. The molecule has 23 heavy (non-hydrogen) atoms. The number of nitrogens with one attached hydrogen (secondary N) is 1. The van der Waals surface area contributed by atoms with Gasteiger partial charge in [-0.25, -0.2) is 0 Å². The molecule has 1 atom stereocenters. The lowest BCUT2D eigenvalue weighted by molar-refractivity contribution is 0.0740. The summed E-state index contributed by atoms with van der Waals surface area (Å²) in [5.74, 6) is 1.04. The number of rotatable bonds is 5. The van der Waals surface area contributed by atoms with Crippen molar-refractivity contribution in [1.29, 1.82) is 0 Å². The van der Waals surface area contributed by atoms with E-state index in [2.05, 4.69) is 22.8 Å². The Kier molecular flexibility index (Phi) is 6.96. The van der Waals surface area contributed by atoms with Crippen molar-refractivity contribution in [2.75, 3.05) is 20.1 Å². The monoisotopic (exact) mass is 368 g/mol. The number of carbonyl (C=O) groups is 1. The van der Waals surface area contributed by atoms with E-state index < -0.39 is 0 Å². The highest BCUT2D eigenvalue weighted by Crippen LogP contribution is 2.29. The Bertz CT molecular complexity index is 627. The minimum Gasteiger partial charge on any atom is -0.337 e. The second-order valence-electron chi connectivity index (χ2n) is 5.43. The summed E-state index contributed by atoms with van der Waals surface area (Å²) in [5, 5.41) is 5.41. The lowest BCUT2D eigenvalue weighted by atomic mass is 10.1. The normalized spacial score (nSPS) is 16.8. The zero-order valence-corrected chi connectivity index (χ0v) is 15.5. The van der Waals surface area contributed by atoms with Gasteiger partial charge in [0.1, 0.15) is 0 Å². The summed E-state index contributed by atoms with van der Waals surface area (Å²) >= 11 is 3.50. The van der Waals surface area contributed by atoms with Crippen molar-refractivity contribution >= 4 is 41.4 Å². The zero-order valence-electron chi connectivity index (χ0n) is 13.0. The first kappa shape index (κ1) is 18.3. The van der Waals surface area contributed by atoms with Gasteiger partial charge in [-0.05, 0) is 36.5 Å². The molecule has 1 saturated heterocycles. The summed E-state index contributed by atoms with van der Waals surface area (Å²) in [5.41, 5.74) is 0.818. The number of halogens is 1. The molecule has 2 heterocycles. The van der Waals surface area contributed by atoms with Gasteiger partial charge in [0.2, 0.25) is 0 Å². The van der Waals surface area contributed by atoms with E-state index in [-0.39, 0.29) is 18.3 Å². The number of carbonyl (C=O) groups excluding carboxylic acids is 1. The van der Waals surface area contributed by atoms with Gasteiger partial charge < -0.3 is 10.2 Å². The molecule has 2 aromatic rings. The van der Waals surface area contributed by atoms with Gasteiger partial charge in [0, 0.05) is 35.2 Å². The molecule has 3 nitrogen and oxygen atoms in total. The van der Waals surface area contributed by atoms with E-state index >= 15 is 0 Å². The molecule has 0 radical (unpaired) electrons. The molecule has 1 fully saturated rings. The second-order valence-corrected chi connectivity index (χ2v) is 7.48. The van der Waals surface area contributed by atoms with E-state index in [1.807, 2.05) is 36.2 Å². The van der Waals surface area contributed by atoms with Gasteiger partial charge in [0.15, 0.2) is 0 Å². The fourth-order valence-corrected chi connectivity index (χ4v) is 4.46. The molecule has 3 rings (SSSR count). The Morgan fingerprint density at radius 2 is 2.17 bits per heavy atom. The molecule has 124 valence electrons. The van der Waals surface area contributed by atoms with Crippen LogP contribution in [0, 0.1) is 0 Å². The Morgan fingerprint density at radius 1 is 1.35 bits per heavy atom. The number of thioether (sulfide) groups is 1. The maximum atomic E-state index is 12.8. The lowest BCUT2D eigenvalue weighted by Gasteiger charge is -2.24. The van der Waals surface area contributed by atoms with Gasteiger partial charge in [0.05, 0.1) is 5.56 Å². The van der Waals surface area contributed by atoms with Crippen LogP contribution in [0.4, 0.5) is 0 Å².